The predicted octanol–water partition coefficient (Wildman–Crippen LogP) is 4.49. The summed E-state index contributed by atoms with van der Waals surface area (Å²) in [5.74, 6) is 0. The van der Waals surface area contributed by atoms with E-state index in [0.29, 0.717) is 22.6 Å². The van der Waals surface area contributed by atoms with Crippen molar-refractivity contribution in [2.24, 2.45) is 0 Å². The van der Waals surface area contributed by atoms with Gasteiger partial charge in [0.2, 0.25) is 0 Å². The van der Waals surface area contributed by atoms with Crippen LogP contribution in [0.1, 0.15) is 16.8 Å². The second kappa shape index (κ2) is 7.40. The van der Waals surface area contributed by atoms with Crippen molar-refractivity contribution in [3.8, 4) is 0 Å². The molecule has 2 N–H and O–H groups in total. The van der Waals surface area contributed by atoms with Crippen molar-refractivity contribution in [3.63, 3.8) is 0 Å². The highest BCUT2D eigenvalue weighted by molar-refractivity contribution is 6.16. The fraction of sp³-hybridized carbons (Fsp3) is 0. The summed E-state index contributed by atoms with van der Waals surface area (Å²) in [6, 6.07) is 18.9. The molecular weight excluding hydrogens is 328 g/mol. The molecule has 6 nitrogen and oxygen atoms in total. The lowest BCUT2D eigenvalue weighted by atomic mass is 9.99. The normalized spacial score (nSPS) is 10.2. The maximum absolute atomic E-state index is 11.3. The average Bonchev–Trinajstić information content (AvgIpc) is 2.68. The first-order valence-electron chi connectivity index (χ1n) is 7.87. The highest BCUT2D eigenvalue weighted by atomic mass is 16.6. The molecule has 0 aliphatic heterocycles. The molecule has 0 aliphatic carbocycles. The zero-order valence-corrected chi connectivity index (χ0v) is 13.8. The molecule has 6 heteroatoms. The summed E-state index contributed by atoms with van der Waals surface area (Å²) in [5.41, 5.74) is 2.65. The van der Waals surface area contributed by atoms with Crippen LogP contribution in [0.2, 0.25) is 0 Å². The monoisotopic (exact) mass is 344 g/mol. The van der Waals surface area contributed by atoms with Crippen LogP contribution in [0, 0.1) is 15.5 Å². The minimum atomic E-state index is -0.479. The number of rotatable bonds is 6. The van der Waals surface area contributed by atoms with Crippen LogP contribution in [0.5, 0.6) is 0 Å². The number of hydrogen-bond acceptors (Lipinski definition) is 5. The average molecular weight is 344 g/mol. The van der Waals surface area contributed by atoms with Gasteiger partial charge in [0.25, 0.3) is 5.69 Å². The molecule has 0 saturated heterocycles. The fourth-order valence-electron chi connectivity index (χ4n) is 2.57. The Balaban J connectivity index is 1.96. The number of nitrogens with zero attached hydrogens (tertiary/aromatic N) is 2. The number of anilines is 1. The molecule has 0 aliphatic rings. The molecule has 0 atom stereocenters. The number of nitrogens with one attached hydrogen (secondary N) is 2. The number of para-hydroxylation sites is 2. The number of nitro benzene ring substituents is 1. The summed E-state index contributed by atoms with van der Waals surface area (Å²) in [5, 5.41) is 22.9. The summed E-state index contributed by atoms with van der Waals surface area (Å²) < 4.78 is 0. The van der Waals surface area contributed by atoms with Gasteiger partial charge in [0.1, 0.15) is 0 Å². The molecule has 0 radical (unpaired) electrons. The van der Waals surface area contributed by atoms with E-state index in [2.05, 4.69) is 16.9 Å². The van der Waals surface area contributed by atoms with E-state index in [1.54, 1.807) is 42.6 Å². The van der Waals surface area contributed by atoms with E-state index < -0.39 is 4.92 Å². The van der Waals surface area contributed by atoms with E-state index in [1.165, 1.54) is 6.07 Å². The Kier molecular flexibility index (Phi) is 4.85. The molecule has 0 amide bonds. The molecule has 0 fully saturated rings. The van der Waals surface area contributed by atoms with Gasteiger partial charge in [-0.25, -0.2) is 0 Å². The van der Waals surface area contributed by atoms with Gasteiger partial charge in [-0.1, -0.05) is 43.0 Å². The third kappa shape index (κ3) is 3.49. The SMILES string of the molecule is C=C(Nc1ccccc1C(=N)c1ccccc1[N+](=O)[O-])c1ccccn1. The van der Waals surface area contributed by atoms with Gasteiger partial charge in [0, 0.05) is 23.5 Å². The van der Waals surface area contributed by atoms with Crippen molar-refractivity contribution in [1.82, 2.24) is 4.98 Å². The molecule has 3 rings (SSSR count). The van der Waals surface area contributed by atoms with Crippen molar-refractivity contribution in [2.75, 3.05) is 5.32 Å². The first-order chi connectivity index (χ1) is 12.6. The van der Waals surface area contributed by atoms with Gasteiger partial charge in [0.05, 0.1) is 27.6 Å². The maximum Gasteiger partial charge on any atom is 0.278 e. The molecule has 1 aromatic heterocycles. The van der Waals surface area contributed by atoms with Gasteiger partial charge in [-0.15, -0.1) is 0 Å². The minimum absolute atomic E-state index is 0.0641. The minimum Gasteiger partial charge on any atom is -0.354 e. The number of pyridine rings is 1. The van der Waals surface area contributed by atoms with E-state index in [1.807, 2.05) is 24.3 Å². The number of nitro groups is 1. The number of aromatic nitrogens is 1. The third-order valence-electron chi connectivity index (χ3n) is 3.83. The largest absolute Gasteiger partial charge is 0.354 e. The lowest BCUT2D eigenvalue weighted by Gasteiger charge is -2.14. The quantitative estimate of drug-likeness (QED) is 0.391. The van der Waals surface area contributed by atoms with Crippen molar-refractivity contribution < 1.29 is 4.92 Å². The van der Waals surface area contributed by atoms with Gasteiger partial charge in [-0.2, -0.15) is 0 Å². The van der Waals surface area contributed by atoms with Crippen LogP contribution in [-0.4, -0.2) is 15.6 Å². The molecule has 0 saturated carbocycles. The molecule has 2 aromatic carbocycles. The zero-order chi connectivity index (χ0) is 18.5. The summed E-state index contributed by atoms with van der Waals surface area (Å²) in [4.78, 5) is 15.0. The van der Waals surface area contributed by atoms with E-state index in [4.69, 9.17) is 5.41 Å². The Labute approximate surface area is 150 Å². The van der Waals surface area contributed by atoms with Crippen molar-refractivity contribution in [2.45, 2.75) is 0 Å². The standard InChI is InChI=1S/C20H16N4O2/c1-14(17-10-6-7-13-22-17)23-18-11-4-2-8-15(18)20(21)16-9-3-5-12-19(16)24(25)26/h2-13,21,23H,1H2. The Bertz CT molecular complexity index is 984. The summed E-state index contributed by atoms with van der Waals surface area (Å²) in [6.07, 6.45) is 1.67. The van der Waals surface area contributed by atoms with E-state index in [9.17, 15) is 10.1 Å². The first-order valence-corrected chi connectivity index (χ1v) is 7.87. The third-order valence-corrected chi connectivity index (χ3v) is 3.83. The summed E-state index contributed by atoms with van der Waals surface area (Å²) in [6.45, 7) is 3.99. The first kappa shape index (κ1) is 17.0. The molecular formula is C20H16N4O2. The summed E-state index contributed by atoms with van der Waals surface area (Å²) >= 11 is 0. The van der Waals surface area contributed by atoms with Gasteiger partial charge >= 0.3 is 0 Å². The lowest BCUT2D eigenvalue weighted by molar-refractivity contribution is -0.385. The number of hydrogen-bond donors (Lipinski definition) is 2. The molecule has 128 valence electrons. The smallest absolute Gasteiger partial charge is 0.278 e. The Morgan fingerprint density at radius 1 is 1.00 bits per heavy atom. The van der Waals surface area contributed by atoms with Gasteiger partial charge in [0.15, 0.2) is 0 Å². The van der Waals surface area contributed by atoms with E-state index in [0.717, 1.165) is 0 Å². The van der Waals surface area contributed by atoms with E-state index >= 15 is 0 Å². The summed E-state index contributed by atoms with van der Waals surface area (Å²) in [7, 11) is 0. The predicted molar refractivity (Wildman–Crippen MR) is 102 cm³/mol. The van der Waals surface area contributed by atoms with Crippen LogP contribution in [-0.2, 0) is 0 Å². The topological polar surface area (TPSA) is 91.9 Å². The maximum atomic E-state index is 11.3. The van der Waals surface area contributed by atoms with Crippen molar-refractivity contribution >= 4 is 22.8 Å². The second-order valence-corrected chi connectivity index (χ2v) is 5.51. The molecule has 26 heavy (non-hydrogen) atoms. The highest BCUT2D eigenvalue weighted by Gasteiger charge is 2.19. The van der Waals surface area contributed by atoms with Gasteiger partial charge in [-0.05, 0) is 24.3 Å². The Hall–Kier alpha value is -3.80. The molecule has 0 spiro atoms. The molecule has 1 heterocycles. The fourth-order valence-corrected chi connectivity index (χ4v) is 2.57. The lowest BCUT2D eigenvalue weighted by Crippen LogP contribution is -2.09. The Morgan fingerprint density at radius 3 is 2.35 bits per heavy atom. The van der Waals surface area contributed by atoms with Gasteiger partial charge < -0.3 is 5.32 Å². The van der Waals surface area contributed by atoms with E-state index in [-0.39, 0.29) is 17.0 Å². The molecule has 0 unspecified atom stereocenters. The molecule has 3 aromatic rings. The van der Waals surface area contributed by atoms with Crippen molar-refractivity contribution in [1.29, 1.82) is 5.41 Å². The van der Waals surface area contributed by atoms with Gasteiger partial charge in [-0.3, -0.25) is 20.5 Å². The Morgan fingerprint density at radius 2 is 1.65 bits per heavy atom. The van der Waals surface area contributed by atoms with Crippen LogP contribution >= 0.6 is 0 Å². The van der Waals surface area contributed by atoms with Crippen LogP contribution in [0.4, 0.5) is 11.4 Å². The van der Waals surface area contributed by atoms with Crippen molar-refractivity contribution in [3.05, 3.63) is 106 Å². The zero-order valence-electron chi connectivity index (χ0n) is 13.8. The van der Waals surface area contributed by atoms with Crippen LogP contribution in [0.15, 0.2) is 79.5 Å². The van der Waals surface area contributed by atoms with Crippen LogP contribution in [0.3, 0.4) is 0 Å². The number of benzene rings is 2. The van der Waals surface area contributed by atoms with Crippen LogP contribution in [0.25, 0.3) is 5.70 Å². The van der Waals surface area contributed by atoms with Crippen LogP contribution < -0.4 is 5.32 Å². The highest BCUT2D eigenvalue weighted by Crippen LogP contribution is 2.26. The second-order valence-electron chi connectivity index (χ2n) is 5.51. The molecule has 0 bridgehead atoms.